The number of benzene rings is 3. The zero-order valence-corrected chi connectivity index (χ0v) is 14.7. The standard InChI is InChI=1S/C24H26O/c1(2-10-20-25-24-14-8-4-9-15-24)5-11-21-16-18-23(19-17-21)22-12-6-3-7-13-22/h3-4,6-9,12-19H,1-2,5,10-11,20H2. The van der Waals surface area contributed by atoms with Crippen LogP contribution in [0.2, 0.25) is 0 Å². The lowest BCUT2D eigenvalue weighted by atomic mass is 10.0. The van der Waals surface area contributed by atoms with Crippen LogP contribution in [0.15, 0.2) is 84.9 Å². The fourth-order valence-electron chi connectivity index (χ4n) is 2.99. The Labute approximate surface area is 151 Å². The summed E-state index contributed by atoms with van der Waals surface area (Å²) in [5, 5.41) is 0. The minimum atomic E-state index is 0.815. The number of ether oxygens (including phenoxy) is 1. The molecule has 1 nitrogen and oxygen atoms in total. The van der Waals surface area contributed by atoms with Gasteiger partial charge in [0.25, 0.3) is 0 Å². The lowest BCUT2D eigenvalue weighted by Gasteiger charge is -2.06. The third-order valence-electron chi connectivity index (χ3n) is 4.43. The van der Waals surface area contributed by atoms with Gasteiger partial charge in [-0.15, -0.1) is 0 Å². The summed E-state index contributed by atoms with van der Waals surface area (Å²) in [5.41, 5.74) is 4.01. The molecule has 0 N–H and O–H groups in total. The van der Waals surface area contributed by atoms with Crippen molar-refractivity contribution in [3.8, 4) is 16.9 Å². The predicted molar refractivity (Wildman–Crippen MR) is 106 cm³/mol. The molecule has 3 aromatic rings. The van der Waals surface area contributed by atoms with Crippen molar-refractivity contribution in [3.63, 3.8) is 0 Å². The van der Waals surface area contributed by atoms with Gasteiger partial charge in [0.15, 0.2) is 0 Å². The lowest BCUT2D eigenvalue weighted by molar-refractivity contribution is 0.304. The van der Waals surface area contributed by atoms with Gasteiger partial charge in [-0.3, -0.25) is 0 Å². The van der Waals surface area contributed by atoms with Gasteiger partial charge in [-0.05, 0) is 48.1 Å². The summed E-state index contributed by atoms with van der Waals surface area (Å²) in [6, 6.07) is 29.6. The van der Waals surface area contributed by atoms with Crippen LogP contribution >= 0.6 is 0 Å². The van der Waals surface area contributed by atoms with E-state index in [0.29, 0.717) is 0 Å². The molecule has 0 spiro atoms. The van der Waals surface area contributed by atoms with E-state index in [1.54, 1.807) is 0 Å². The van der Waals surface area contributed by atoms with E-state index in [2.05, 4.69) is 54.6 Å². The van der Waals surface area contributed by atoms with Gasteiger partial charge < -0.3 is 4.74 Å². The summed E-state index contributed by atoms with van der Waals surface area (Å²) >= 11 is 0. The molecule has 0 aliphatic heterocycles. The molecule has 0 heterocycles. The Balaban J connectivity index is 1.31. The smallest absolute Gasteiger partial charge is 0.119 e. The second-order valence-electron chi connectivity index (χ2n) is 6.39. The van der Waals surface area contributed by atoms with E-state index >= 15 is 0 Å². The minimum Gasteiger partial charge on any atom is -0.494 e. The first kappa shape index (κ1) is 17.3. The van der Waals surface area contributed by atoms with Gasteiger partial charge in [-0.1, -0.05) is 85.6 Å². The Hall–Kier alpha value is -2.54. The summed E-state index contributed by atoms with van der Waals surface area (Å²) < 4.78 is 5.73. The highest BCUT2D eigenvalue weighted by molar-refractivity contribution is 5.63. The molecular formula is C24H26O. The van der Waals surface area contributed by atoms with E-state index in [4.69, 9.17) is 4.74 Å². The molecule has 0 aromatic heterocycles. The van der Waals surface area contributed by atoms with Crippen LogP contribution in [0.25, 0.3) is 11.1 Å². The second kappa shape index (κ2) is 9.68. The molecular weight excluding hydrogens is 304 g/mol. The monoisotopic (exact) mass is 330 g/mol. The van der Waals surface area contributed by atoms with Gasteiger partial charge in [-0.2, -0.15) is 0 Å². The molecule has 0 saturated heterocycles. The molecule has 25 heavy (non-hydrogen) atoms. The zero-order chi connectivity index (χ0) is 17.2. The third-order valence-corrected chi connectivity index (χ3v) is 4.43. The normalized spacial score (nSPS) is 10.6. The number of hydrogen-bond donors (Lipinski definition) is 0. The fourth-order valence-corrected chi connectivity index (χ4v) is 2.99. The number of para-hydroxylation sites is 1. The Bertz CT molecular complexity index is 717. The summed E-state index contributed by atoms with van der Waals surface area (Å²) in [7, 11) is 0. The maximum absolute atomic E-state index is 5.73. The maximum Gasteiger partial charge on any atom is 0.119 e. The number of aryl methyl sites for hydroxylation is 1. The van der Waals surface area contributed by atoms with Crippen LogP contribution in [0, 0.1) is 0 Å². The third kappa shape index (κ3) is 5.79. The van der Waals surface area contributed by atoms with Crippen LogP contribution in [0.3, 0.4) is 0 Å². The van der Waals surface area contributed by atoms with Gasteiger partial charge in [0.1, 0.15) is 5.75 Å². The molecule has 0 fully saturated rings. The van der Waals surface area contributed by atoms with Crippen molar-refractivity contribution < 1.29 is 4.74 Å². The van der Waals surface area contributed by atoms with Crippen molar-refractivity contribution in [2.75, 3.05) is 6.61 Å². The first-order valence-corrected chi connectivity index (χ1v) is 9.24. The predicted octanol–water partition coefficient (Wildman–Crippen LogP) is 6.54. The lowest BCUT2D eigenvalue weighted by Crippen LogP contribution is -1.97. The van der Waals surface area contributed by atoms with E-state index in [1.165, 1.54) is 36.0 Å². The summed E-state index contributed by atoms with van der Waals surface area (Å²) in [6.45, 7) is 0.815. The SMILES string of the molecule is c1ccc(OCCCCCCc2ccc(-c3ccccc3)cc2)cc1. The average Bonchev–Trinajstić information content (AvgIpc) is 2.69. The Morgan fingerprint density at radius 2 is 1.12 bits per heavy atom. The van der Waals surface area contributed by atoms with Gasteiger partial charge in [-0.25, -0.2) is 0 Å². The van der Waals surface area contributed by atoms with Crippen LogP contribution in [0.5, 0.6) is 5.75 Å². The number of rotatable bonds is 9. The summed E-state index contributed by atoms with van der Waals surface area (Å²) in [4.78, 5) is 0. The molecule has 1 heteroatoms. The molecule has 0 atom stereocenters. The van der Waals surface area contributed by atoms with E-state index < -0.39 is 0 Å². The van der Waals surface area contributed by atoms with E-state index in [1.807, 2.05) is 30.3 Å². The second-order valence-corrected chi connectivity index (χ2v) is 6.39. The van der Waals surface area contributed by atoms with Crippen molar-refractivity contribution in [3.05, 3.63) is 90.5 Å². The number of hydrogen-bond acceptors (Lipinski definition) is 1. The summed E-state index contributed by atoms with van der Waals surface area (Å²) in [6.07, 6.45) is 6.03. The van der Waals surface area contributed by atoms with Crippen LogP contribution < -0.4 is 4.74 Å². The first-order chi connectivity index (χ1) is 12.4. The molecule has 0 saturated carbocycles. The summed E-state index contributed by atoms with van der Waals surface area (Å²) in [5.74, 6) is 0.973. The van der Waals surface area contributed by atoms with Crippen molar-refractivity contribution in [1.82, 2.24) is 0 Å². The van der Waals surface area contributed by atoms with Crippen molar-refractivity contribution in [2.24, 2.45) is 0 Å². The van der Waals surface area contributed by atoms with Gasteiger partial charge in [0.05, 0.1) is 6.61 Å². The van der Waals surface area contributed by atoms with Crippen LogP contribution in [-0.2, 0) is 6.42 Å². The Morgan fingerprint density at radius 1 is 0.520 bits per heavy atom. The van der Waals surface area contributed by atoms with Gasteiger partial charge in [0, 0.05) is 0 Å². The van der Waals surface area contributed by atoms with Gasteiger partial charge in [0.2, 0.25) is 0 Å². The van der Waals surface area contributed by atoms with Crippen LogP contribution in [-0.4, -0.2) is 6.61 Å². The molecule has 0 unspecified atom stereocenters. The molecule has 0 bridgehead atoms. The minimum absolute atomic E-state index is 0.815. The Kier molecular flexibility index (Phi) is 6.70. The highest BCUT2D eigenvalue weighted by atomic mass is 16.5. The molecule has 3 aromatic carbocycles. The maximum atomic E-state index is 5.73. The molecule has 0 amide bonds. The van der Waals surface area contributed by atoms with Crippen LogP contribution in [0.4, 0.5) is 0 Å². The molecule has 0 aliphatic carbocycles. The van der Waals surface area contributed by atoms with Gasteiger partial charge >= 0.3 is 0 Å². The van der Waals surface area contributed by atoms with Crippen molar-refractivity contribution in [1.29, 1.82) is 0 Å². The topological polar surface area (TPSA) is 9.23 Å². The van der Waals surface area contributed by atoms with Crippen molar-refractivity contribution in [2.45, 2.75) is 32.1 Å². The first-order valence-electron chi connectivity index (χ1n) is 9.24. The van der Waals surface area contributed by atoms with E-state index in [9.17, 15) is 0 Å². The molecule has 128 valence electrons. The van der Waals surface area contributed by atoms with Crippen molar-refractivity contribution >= 4 is 0 Å². The van der Waals surface area contributed by atoms with E-state index in [-0.39, 0.29) is 0 Å². The quantitative estimate of drug-likeness (QED) is 0.405. The van der Waals surface area contributed by atoms with Crippen LogP contribution in [0.1, 0.15) is 31.2 Å². The zero-order valence-electron chi connectivity index (χ0n) is 14.7. The van der Waals surface area contributed by atoms with E-state index in [0.717, 1.165) is 25.2 Å². The molecule has 0 aliphatic rings. The fraction of sp³-hybridized carbons (Fsp3) is 0.250. The highest BCUT2D eigenvalue weighted by Crippen LogP contribution is 2.20. The number of unbranched alkanes of at least 4 members (excludes halogenated alkanes) is 3. The highest BCUT2D eigenvalue weighted by Gasteiger charge is 1.98. The average molecular weight is 330 g/mol. The largest absolute Gasteiger partial charge is 0.494 e. The molecule has 0 radical (unpaired) electrons. The molecule has 3 rings (SSSR count). The Morgan fingerprint density at radius 3 is 1.84 bits per heavy atom.